The lowest BCUT2D eigenvalue weighted by Crippen LogP contribution is -2.26. The van der Waals surface area contributed by atoms with Crippen LogP contribution in [-0.2, 0) is 11.8 Å². The highest BCUT2D eigenvalue weighted by atomic mass is 35.5. The highest BCUT2D eigenvalue weighted by Gasteiger charge is 2.21. The lowest BCUT2D eigenvalue weighted by atomic mass is 9.97. The number of hydrogen-bond acceptors (Lipinski definition) is 4. The largest absolute Gasteiger partial charge is 0.352 e. The Morgan fingerprint density at radius 2 is 2.14 bits per heavy atom. The van der Waals surface area contributed by atoms with E-state index in [1.807, 2.05) is 20.8 Å². The number of carbonyl (C=O) groups excluding carboxylic acids is 1. The summed E-state index contributed by atoms with van der Waals surface area (Å²) in [5.41, 5.74) is 0.362. The topological polar surface area (TPSA) is 68.0 Å². The van der Waals surface area contributed by atoms with Gasteiger partial charge < -0.3 is 9.84 Å². The Morgan fingerprint density at radius 3 is 2.76 bits per heavy atom. The van der Waals surface area contributed by atoms with Gasteiger partial charge in [0.25, 0.3) is 5.91 Å². The standard InChI is InChI=1S/C15H18ClN3O2/c1-15(2,3)14-18-12(19-21-14)7-8-17-13(20)10-5-4-6-11(16)9-10/h4-6,9H,7-8H2,1-3H3,(H,17,20). The van der Waals surface area contributed by atoms with Crippen LogP contribution in [0.2, 0.25) is 5.02 Å². The summed E-state index contributed by atoms with van der Waals surface area (Å²) in [5, 5.41) is 7.25. The summed E-state index contributed by atoms with van der Waals surface area (Å²) < 4.78 is 5.20. The molecule has 1 heterocycles. The van der Waals surface area contributed by atoms with Crippen LogP contribution in [0.5, 0.6) is 0 Å². The van der Waals surface area contributed by atoms with Crippen LogP contribution in [0.25, 0.3) is 0 Å². The Balaban J connectivity index is 1.87. The molecule has 0 aliphatic carbocycles. The van der Waals surface area contributed by atoms with Crippen LogP contribution in [0.1, 0.15) is 42.8 Å². The highest BCUT2D eigenvalue weighted by Crippen LogP contribution is 2.19. The molecular formula is C15H18ClN3O2. The summed E-state index contributed by atoms with van der Waals surface area (Å²) in [6.45, 7) is 6.45. The molecule has 1 aromatic carbocycles. The second kappa shape index (κ2) is 6.26. The zero-order chi connectivity index (χ0) is 15.5. The zero-order valence-corrected chi connectivity index (χ0v) is 13.1. The van der Waals surface area contributed by atoms with E-state index in [0.29, 0.717) is 35.3 Å². The number of hydrogen-bond donors (Lipinski definition) is 1. The van der Waals surface area contributed by atoms with E-state index in [9.17, 15) is 4.79 Å². The van der Waals surface area contributed by atoms with Crippen LogP contribution in [-0.4, -0.2) is 22.6 Å². The summed E-state index contributed by atoms with van der Waals surface area (Å²) in [4.78, 5) is 16.2. The molecule has 1 N–H and O–H groups in total. The quantitative estimate of drug-likeness (QED) is 0.943. The molecule has 2 rings (SSSR count). The van der Waals surface area contributed by atoms with Crippen molar-refractivity contribution in [1.29, 1.82) is 0 Å². The summed E-state index contributed by atoms with van der Waals surface area (Å²) in [6.07, 6.45) is 0.520. The molecule has 1 amide bonds. The van der Waals surface area contributed by atoms with Crippen LogP contribution in [0.3, 0.4) is 0 Å². The molecule has 0 atom stereocenters. The third-order valence-electron chi connectivity index (χ3n) is 2.83. The van der Waals surface area contributed by atoms with Gasteiger partial charge in [0.05, 0.1) is 0 Å². The van der Waals surface area contributed by atoms with Gasteiger partial charge in [-0.05, 0) is 18.2 Å². The molecule has 0 aliphatic rings. The Kier molecular flexibility index (Phi) is 4.63. The molecule has 0 spiro atoms. The monoisotopic (exact) mass is 307 g/mol. The Labute approximate surface area is 128 Å². The highest BCUT2D eigenvalue weighted by molar-refractivity contribution is 6.30. The molecule has 0 unspecified atom stereocenters. The van der Waals surface area contributed by atoms with Gasteiger partial charge in [0.15, 0.2) is 5.82 Å². The van der Waals surface area contributed by atoms with Crippen molar-refractivity contribution in [3.05, 3.63) is 46.6 Å². The smallest absolute Gasteiger partial charge is 0.251 e. The van der Waals surface area contributed by atoms with Crippen LogP contribution < -0.4 is 5.32 Å². The number of amides is 1. The molecule has 0 fully saturated rings. The lowest BCUT2D eigenvalue weighted by molar-refractivity contribution is 0.0954. The van der Waals surface area contributed by atoms with Crippen LogP contribution in [0, 0.1) is 0 Å². The molecule has 112 valence electrons. The first-order chi connectivity index (χ1) is 9.86. The van der Waals surface area contributed by atoms with Gasteiger partial charge >= 0.3 is 0 Å². The Hall–Kier alpha value is -1.88. The third-order valence-corrected chi connectivity index (χ3v) is 3.07. The SMILES string of the molecule is CC(C)(C)c1nc(CCNC(=O)c2cccc(Cl)c2)no1. The average molecular weight is 308 g/mol. The van der Waals surface area contributed by atoms with Gasteiger partial charge in [-0.15, -0.1) is 0 Å². The van der Waals surface area contributed by atoms with Crippen LogP contribution >= 0.6 is 11.6 Å². The fraction of sp³-hybridized carbons (Fsp3) is 0.400. The summed E-state index contributed by atoms with van der Waals surface area (Å²) in [6, 6.07) is 6.81. The lowest BCUT2D eigenvalue weighted by Gasteiger charge is -2.10. The van der Waals surface area contributed by atoms with Gasteiger partial charge in [-0.1, -0.05) is 43.6 Å². The first-order valence-electron chi connectivity index (χ1n) is 6.73. The number of rotatable bonds is 4. The van der Waals surface area contributed by atoms with Crippen LogP contribution in [0.4, 0.5) is 0 Å². The van der Waals surface area contributed by atoms with Crippen molar-refractivity contribution in [2.45, 2.75) is 32.6 Å². The number of halogens is 1. The molecule has 1 aromatic heterocycles. The first kappa shape index (κ1) is 15.5. The minimum absolute atomic E-state index is 0.169. The van der Waals surface area contributed by atoms with Gasteiger partial charge in [0.2, 0.25) is 5.89 Å². The maximum atomic E-state index is 11.9. The number of nitrogens with zero attached hydrogens (tertiary/aromatic N) is 2. The van der Waals surface area contributed by atoms with E-state index in [-0.39, 0.29) is 11.3 Å². The van der Waals surface area contributed by atoms with Crippen molar-refractivity contribution in [1.82, 2.24) is 15.5 Å². The Bertz CT molecular complexity index is 632. The normalized spacial score (nSPS) is 11.4. The maximum Gasteiger partial charge on any atom is 0.251 e. The van der Waals surface area contributed by atoms with E-state index in [1.165, 1.54) is 0 Å². The maximum absolute atomic E-state index is 11.9. The minimum Gasteiger partial charge on any atom is -0.352 e. The molecule has 0 bridgehead atoms. The van der Waals surface area contributed by atoms with E-state index >= 15 is 0 Å². The van der Waals surface area contributed by atoms with Gasteiger partial charge in [-0.25, -0.2) is 0 Å². The molecule has 0 saturated heterocycles. The van der Waals surface area contributed by atoms with E-state index in [1.54, 1.807) is 24.3 Å². The van der Waals surface area contributed by atoms with Gasteiger partial charge in [-0.3, -0.25) is 4.79 Å². The summed E-state index contributed by atoms with van der Waals surface area (Å²) >= 11 is 5.85. The van der Waals surface area contributed by atoms with Crippen molar-refractivity contribution < 1.29 is 9.32 Å². The molecule has 0 saturated carbocycles. The van der Waals surface area contributed by atoms with Gasteiger partial charge in [-0.2, -0.15) is 4.98 Å². The first-order valence-corrected chi connectivity index (χ1v) is 7.11. The van der Waals surface area contributed by atoms with E-state index < -0.39 is 0 Å². The Morgan fingerprint density at radius 1 is 1.38 bits per heavy atom. The van der Waals surface area contributed by atoms with Crippen molar-refractivity contribution in [2.75, 3.05) is 6.54 Å². The molecule has 5 nitrogen and oxygen atoms in total. The summed E-state index contributed by atoms with van der Waals surface area (Å²) in [5.74, 6) is 1.02. The predicted octanol–water partition coefficient (Wildman–Crippen LogP) is 2.99. The fourth-order valence-electron chi connectivity index (χ4n) is 1.68. The molecule has 0 aliphatic heterocycles. The van der Waals surface area contributed by atoms with Gasteiger partial charge in [0, 0.05) is 29.0 Å². The fourth-order valence-corrected chi connectivity index (χ4v) is 1.87. The van der Waals surface area contributed by atoms with E-state index in [0.717, 1.165) is 0 Å². The predicted molar refractivity (Wildman–Crippen MR) is 80.5 cm³/mol. The van der Waals surface area contributed by atoms with E-state index in [4.69, 9.17) is 16.1 Å². The second-order valence-corrected chi connectivity index (χ2v) is 6.22. The van der Waals surface area contributed by atoms with Crippen molar-refractivity contribution in [3.8, 4) is 0 Å². The zero-order valence-electron chi connectivity index (χ0n) is 12.3. The number of nitrogens with one attached hydrogen (secondary N) is 1. The van der Waals surface area contributed by atoms with Crippen molar-refractivity contribution >= 4 is 17.5 Å². The van der Waals surface area contributed by atoms with Crippen molar-refractivity contribution in [2.24, 2.45) is 0 Å². The second-order valence-electron chi connectivity index (χ2n) is 5.78. The molecule has 0 radical (unpaired) electrons. The molecular weight excluding hydrogens is 290 g/mol. The number of carbonyl (C=O) groups is 1. The summed E-state index contributed by atoms with van der Waals surface area (Å²) in [7, 11) is 0. The number of aromatic nitrogens is 2. The van der Waals surface area contributed by atoms with Gasteiger partial charge in [0.1, 0.15) is 0 Å². The average Bonchev–Trinajstić information content (AvgIpc) is 2.87. The number of benzene rings is 1. The van der Waals surface area contributed by atoms with Crippen molar-refractivity contribution in [3.63, 3.8) is 0 Å². The van der Waals surface area contributed by atoms with E-state index in [2.05, 4.69) is 15.5 Å². The molecule has 21 heavy (non-hydrogen) atoms. The molecule has 6 heteroatoms. The third kappa shape index (κ3) is 4.29. The minimum atomic E-state index is -0.171. The molecule has 2 aromatic rings. The van der Waals surface area contributed by atoms with Crippen LogP contribution in [0.15, 0.2) is 28.8 Å².